The van der Waals surface area contributed by atoms with Gasteiger partial charge in [0.15, 0.2) is 5.69 Å². The van der Waals surface area contributed by atoms with E-state index in [4.69, 9.17) is 11.6 Å². The minimum Gasteiger partial charge on any atom is -0.366 e. The molecule has 96 valence electrons. The summed E-state index contributed by atoms with van der Waals surface area (Å²) in [7, 11) is 0. The summed E-state index contributed by atoms with van der Waals surface area (Å²) in [6.45, 7) is 3.72. The third-order valence-corrected chi connectivity index (χ3v) is 2.21. The molecular formula is C10H13ClF3N3. The summed E-state index contributed by atoms with van der Waals surface area (Å²) >= 11 is 5.80. The van der Waals surface area contributed by atoms with Gasteiger partial charge in [0.05, 0.1) is 0 Å². The zero-order valence-corrected chi connectivity index (χ0v) is 10.2. The maximum atomic E-state index is 12.2. The van der Waals surface area contributed by atoms with Crippen LogP contribution in [0.4, 0.5) is 19.0 Å². The zero-order chi connectivity index (χ0) is 13.1. The first-order valence-electron chi connectivity index (χ1n) is 5.10. The van der Waals surface area contributed by atoms with Crippen molar-refractivity contribution in [2.24, 2.45) is 0 Å². The number of hydrogen-bond donors (Lipinski definition) is 1. The van der Waals surface area contributed by atoms with Gasteiger partial charge in [-0.15, -0.1) is 21.8 Å². The van der Waals surface area contributed by atoms with E-state index in [2.05, 4.69) is 15.5 Å². The lowest BCUT2D eigenvalue weighted by molar-refractivity contribution is -0.141. The van der Waals surface area contributed by atoms with Crippen molar-refractivity contribution in [1.29, 1.82) is 0 Å². The number of anilines is 1. The predicted octanol–water partition coefficient (Wildman–Crippen LogP) is 3.31. The highest BCUT2D eigenvalue weighted by atomic mass is 35.5. The fourth-order valence-corrected chi connectivity index (χ4v) is 1.63. The lowest BCUT2D eigenvalue weighted by Gasteiger charge is -2.15. The van der Waals surface area contributed by atoms with Crippen molar-refractivity contribution in [2.45, 2.75) is 37.9 Å². The third-order valence-electron chi connectivity index (χ3n) is 2.03. The molecule has 0 saturated heterocycles. The van der Waals surface area contributed by atoms with E-state index in [9.17, 15) is 13.2 Å². The van der Waals surface area contributed by atoms with E-state index in [0.29, 0.717) is 12.2 Å². The third kappa shape index (κ3) is 4.77. The van der Waals surface area contributed by atoms with Gasteiger partial charge in [0.2, 0.25) is 0 Å². The highest BCUT2D eigenvalue weighted by molar-refractivity contribution is 6.20. The van der Waals surface area contributed by atoms with Crippen molar-refractivity contribution in [3.8, 4) is 0 Å². The summed E-state index contributed by atoms with van der Waals surface area (Å²) in [5.74, 6) is 0.308. The molecule has 0 fully saturated rings. The number of halogens is 4. The molecule has 3 nitrogen and oxygen atoms in total. The van der Waals surface area contributed by atoms with E-state index in [-0.39, 0.29) is 11.4 Å². The first kappa shape index (κ1) is 14.0. The molecule has 7 heteroatoms. The smallest absolute Gasteiger partial charge is 0.366 e. The van der Waals surface area contributed by atoms with Crippen molar-refractivity contribution in [3.63, 3.8) is 0 Å². The molecule has 0 amide bonds. The van der Waals surface area contributed by atoms with Crippen molar-refractivity contribution >= 4 is 17.4 Å². The molecule has 2 unspecified atom stereocenters. The maximum Gasteiger partial charge on any atom is 0.435 e. The van der Waals surface area contributed by atoms with Gasteiger partial charge in [-0.1, -0.05) is 0 Å². The standard InChI is InChI=1S/C10H13ClF3N3/c1-6(11)5-7(2)15-9-4-3-8(16-17-9)10(12,13)14/h3-4,6-7H,5H2,1-2H3,(H,15,17). The number of alkyl halides is 4. The quantitative estimate of drug-likeness (QED) is 0.851. The van der Waals surface area contributed by atoms with Crippen LogP contribution in [0.25, 0.3) is 0 Å². The number of aromatic nitrogens is 2. The highest BCUT2D eigenvalue weighted by Gasteiger charge is 2.32. The minimum absolute atomic E-state index is 0.0140. The van der Waals surface area contributed by atoms with Crippen LogP contribution >= 0.6 is 11.6 Å². The van der Waals surface area contributed by atoms with Crippen LogP contribution in [0, 0.1) is 0 Å². The van der Waals surface area contributed by atoms with E-state index in [0.717, 1.165) is 6.07 Å². The largest absolute Gasteiger partial charge is 0.435 e. The fourth-order valence-electron chi connectivity index (χ4n) is 1.36. The Kier molecular flexibility index (Phi) is 4.56. The first-order valence-corrected chi connectivity index (χ1v) is 5.54. The van der Waals surface area contributed by atoms with Crippen LogP contribution in [0.2, 0.25) is 0 Å². The molecule has 17 heavy (non-hydrogen) atoms. The van der Waals surface area contributed by atoms with Gasteiger partial charge < -0.3 is 5.32 Å². The summed E-state index contributed by atoms with van der Waals surface area (Å²) in [4.78, 5) is 0. The molecule has 0 aliphatic rings. The number of rotatable bonds is 4. The minimum atomic E-state index is -4.46. The molecule has 0 aromatic carbocycles. The zero-order valence-electron chi connectivity index (χ0n) is 9.42. The molecular weight excluding hydrogens is 255 g/mol. The monoisotopic (exact) mass is 267 g/mol. The van der Waals surface area contributed by atoms with Crippen LogP contribution < -0.4 is 5.32 Å². The molecule has 0 aliphatic heterocycles. The van der Waals surface area contributed by atoms with Gasteiger partial charge in [0.25, 0.3) is 0 Å². The summed E-state index contributed by atoms with van der Waals surface area (Å²) in [6, 6.07) is 2.17. The summed E-state index contributed by atoms with van der Waals surface area (Å²) in [6.07, 6.45) is -3.77. The second-order valence-electron chi connectivity index (χ2n) is 3.86. The topological polar surface area (TPSA) is 37.8 Å². The Bertz CT molecular complexity index is 351. The van der Waals surface area contributed by atoms with Crippen molar-refractivity contribution < 1.29 is 13.2 Å². The van der Waals surface area contributed by atoms with Gasteiger partial charge in [-0.3, -0.25) is 0 Å². The Labute approximate surface area is 102 Å². The lowest BCUT2D eigenvalue weighted by atomic mass is 10.2. The Balaban J connectivity index is 2.63. The average Bonchev–Trinajstić information content (AvgIpc) is 2.15. The van der Waals surface area contributed by atoms with Crippen molar-refractivity contribution in [1.82, 2.24) is 10.2 Å². The second kappa shape index (κ2) is 5.53. The summed E-state index contributed by atoms with van der Waals surface area (Å²) in [5, 5.41) is 9.49. The van der Waals surface area contributed by atoms with Crippen LogP contribution in [-0.2, 0) is 6.18 Å². The molecule has 2 atom stereocenters. The van der Waals surface area contributed by atoms with Crippen LogP contribution in [0.5, 0.6) is 0 Å². The van der Waals surface area contributed by atoms with Gasteiger partial charge >= 0.3 is 6.18 Å². The van der Waals surface area contributed by atoms with Gasteiger partial charge in [-0.05, 0) is 32.4 Å². The average molecular weight is 268 g/mol. The molecule has 0 spiro atoms. The normalized spacial score (nSPS) is 15.4. The van der Waals surface area contributed by atoms with Crippen molar-refractivity contribution in [2.75, 3.05) is 5.32 Å². The predicted molar refractivity (Wildman–Crippen MR) is 60.1 cm³/mol. The van der Waals surface area contributed by atoms with Gasteiger partial charge in [-0.25, -0.2) is 0 Å². The fraction of sp³-hybridized carbons (Fsp3) is 0.600. The lowest BCUT2D eigenvalue weighted by Crippen LogP contribution is -2.20. The molecule has 1 aromatic heterocycles. The molecule has 0 aliphatic carbocycles. The van der Waals surface area contributed by atoms with Gasteiger partial charge in [0, 0.05) is 11.4 Å². The van der Waals surface area contributed by atoms with E-state index < -0.39 is 11.9 Å². The van der Waals surface area contributed by atoms with Crippen LogP contribution in [0.3, 0.4) is 0 Å². The maximum absolute atomic E-state index is 12.2. The molecule has 0 saturated carbocycles. The Morgan fingerprint density at radius 2 is 1.94 bits per heavy atom. The number of nitrogens with zero attached hydrogens (tertiary/aromatic N) is 2. The van der Waals surface area contributed by atoms with Crippen molar-refractivity contribution in [3.05, 3.63) is 17.8 Å². The summed E-state index contributed by atoms with van der Waals surface area (Å²) in [5.41, 5.74) is -0.999. The molecule has 1 N–H and O–H groups in total. The Morgan fingerprint density at radius 3 is 2.35 bits per heavy atom. The van der Waals surface area contributed by atoms with E-state index in [1.165, 1.54) is 6.07 Å². The van der Waals surface area contributed by atoms with E-state index in [1.54, 1.807) is 0 Å². The van der Waals surface area contributed by atoms with E-state index >= 15 is 0 Å². The second-order valence-corrected chi connectivity index (χ2v) is 4.61. The highest BCUT2D eigenvalue weighted by Crippen LogP contribution is 2.27. The molecule has 0 bridgehead atoms. The van der Waals surface area contributed by atoms with Crippen LogP contribution in [0.15, 0.2) is 12.1 Å². The Hall–Kier alpha value is -1.04. The summed E-state index contributed by atoms with van der Waals surface area (Å²) < 4.78 is 36.6. The SMILES string of the molecule is CC(Cl)CC(C)Nc1ccc(C(F)(F)F)nn1. The Morgan fingerprint density at radius 1 is 1.29 bits per heavy atom. The molecule has 1 rings (SSSR count). The van der Waals surface area contributed by atoms with Crippen LogP contribution in [0.1, 0.15) is 26.0 Å². The first-order chi connectivity index (χ1) is 7.79. The number of nitrogens with one attached hydrogen (secondary N) is 1. The van der Waals surface area contributed by atoms with Crippen LogP contribution in [-0.4, -0.2) is 21.6 Å². The van der Waals surface area contributed by atoms with E-state index in [1.807, 2.05) is 13.8 Å². The van der Waals surface area contributed by atoms with Gasteiger partial charge in [0.1, 0.15) is 5.82 Å². The number of hydrogen-bond acceptors (Lipinski definition) is 3. The molecule has 1 aromatic rings. The molecule has 1 heterocycles. The van der Waals surface area contributed by atoms with Gasteiger partial charge in [-0.2, -0.15) is 13.2 Å². The molecule has 0 radical (unpaired) electrons.